The van der Waals surface area contributed by atoms with Crippen LogP contribution in [0, 0.1) is 12.8 Å². The van der Waals surface area contributed by atoms with Gasteiger partial charge in [0.05, 0.1) is 25.3 Å². The molecule has 0 bridgehead atoms. The number of nitrogens with zero attached hydrogens (tertiary/aromatic N) is 2. The van der Waals surface area contributed by atoms with E-state index in [4.69, 9.17) is 9.47 Å². The molecule has 36 heavy (non-hydrogen) atoms. The van der Waals surface area contributed by atoms with Crippen LogP contribution in [0.25, 0.3) is 5.76 Å². The Balaban J connectivity index is 2.08. The molecule has 2 aromatic rings. The number of aryl methyl sites for hydroxylation is 1. The largest absolute Gasteiger partial charge is 0.507 e. The number of ketones is 1. The van der Waals surface area contributed by atoms with Crippen LogP contribution in [0.4, 0.5) is 0 Å². The molecule has 1 heterocycles. The molecule has 0 saturated carbocycles. The molecule has 0 aliphatic carbocycles. The molecular weight excluding hydrogens is 460 g/mol. The van der Waals surface area contributed by atoms with Crippen LogP contribution in [-0.4, -0.2) is 72.6 Å². The number of methoxy groups -OCH3 is 1. The van der Waals surface area contributed by atoms with Gasteiger partial charge in [-0.25, -0.2) is 0 Å². The number of amides is 1. The first-order valence-electron chi connectivity index (χ1n) is 12.1. The summed E-state index contributed by atoms with van der Waals surface area (Å²) < 4.78 is 11.0. The molecule has 1 atom stereocenters. The molecule has 1 fully saturated rings. The minimum Gasteiger partial charge on any atom is -0.507 e. The molecule has 2 aromatic carbocycles. The summed E-state index contributed by atoms with van der Waals surface area (Å²) in [6.07, 6.45) is 0.639. The third-order valence-corrected chi connectivity index (χ3v) is 6.08. The van der Waals surface area contributed by atoms with Crippen molar-refractivity contribution in [1.82, 2.24) is 9.80 Å². The lowest BCUT2D eigenvalue weighted by molar-refractivity contribution is -0.139. The van der Waals surface area contributed by atoms with Gasteiger partial charge in [-0.3, -0.25) is 9.59 Å². The summed E-state index contributed by atoms with van der Waals surface area (Å²) in [6.45, 7) is 7.59. The van der Waals surface area contributed by atoms with Gasteiger partial charge in [-0.15, -0.1) is 0 Å². The molecule has 0 spiro atoms. The highest BCUT2D eigenvalue weighted by molar-refractivity contribution is 6.46. The Bertz CT molecular complexity index is 1150. The average molecular weight is 497 g/mol. The van der Waals surface area contributed by atoms with E-state index < -0.39 is 17.7 Å². The zero-order valence-corrected chi connectivity index (χ0v) is 21.9. The van der Waals surface area contributed by atoms with E-state index in [0.717, 1.165) is 12.1 Å². The number of Topliss-reactive ketones (excluding diaryl/α,β-unsaturated/α-hetero) is 1. The number of rotatable bonds is 10. The van der Waals surface area contributed by atoms with E-state index >= 15 is 0 Å². The first kappa shape index (κ1) is 27.1. The third-order valence-electron chi connectivity index (χ3n) is 6.08. The summed E-state index contributed by atoms with van der Waals surface area (Å²) in [6, 6.07) is 9.07. The number of carbonyl (C=O) groups excluding carboxylic acids is 2. The van der Waals surface area contributed by atoms with E-state index in [0.29, 0.717) is 42.4 Å². The predicted molar refractivity (Wildman–Crippen MR) is 138 cm³/mol. The fraction of sp³-hybridized carbons (Fsp3) is 0.429. The van der Waals surface area contributed by atoms with E-state index in [-0.39, 0.29) is 22.8 Å². The molecule has 1 aliphatic heterocycles. The Hall–Kier alpha value is -3.52. The molecular formula is C28H36N2O6. The quantitative estimate of drug-likeness (QED) is 0.290. The molecule has 8 nitrogen and oxygen atoms in total. The average Bonchev–Trinajstić information content (AvgIpc) is 3.07. The maximum atomic E-state index is 13.2. The van der Waals surface area contributed by atoms with E-state index in [1.807, 2.05) is 25.9 Å². The smallest absolute Gasteiger partial charge is 0.295 e. The molecule has 194 valence electrons. The highest BCUT2D eigenvalue weighted by Crippen LogP contribution is 2.42. The van der Waals surface area contributed by atoms with Gasteiger partial charge in [-0.2, -0.15) is 0 Å². The van der Waals surface area contributed by atoms with Crippen molar-refractivity contribution in [1.29, 1.82) is 0 Å². The highest BCUT2D eigenvalue weighted by Gasteiger charge is 2.46. The maximum Gasteiger partial charge on any atom is 0.295 e. The summed E-state index contributed by atoms with van der Waals surface area (Å²) in [5.41, 5.74) is 1.72. The SMILES string of the molecule is COc1ccc(C2/C(=C(/O)c3ccc(OCC(C)C)c(C)c3)C(=O)C(=O)N2CCCN(C)C)cc1O. The van der Waals surface area contributed by atoms with E-state index in [1.54, 1.807) is 30.3 Å². The number of ether oxygens (including phenoxy) is 2. The molecule has 0 aromatic heterocycles. The number of hydrogen-bond donors (Lipinski definition) is 2. The Labute approximate surface area is 212 Å². The molecule has 1 aliphatic rings. The van der Waals surface area contributed by atoms with Crippen molar-refractivity contribution in [3.05, 3.63) is 58.7 Å². The zero-order chi connectivity index (χ0) is 26.6. The van der Waals surface area contributed by atoms with Crippen LogP contribution in [0.1, 0.15) is 43.0 Å². The second kappa shape index (κ2) is 11.5. The molecule has 0 radical (unpaired) electrons. The van der Waals surface area contributed by atoms with Crippen molar-refractivity contribution in [2.75, 3.05) is 40.9 Å². The summed E-state index contributed by atoms with van der Waals surface area (Å²) >= 11 is 0. The number of carbonyl (C=O) groups is 2. The van der Waals surface area contributed by atoms with Gasteiger partial charge in [0.1, 0.15) is 11.5 Å². The molecule has 3 rings (SSSR count). The second-order valence-corrected chi connectivity index (χ2v) is 9.77. The van der Waals surface area contributed by atoms with Crippen LogP contribution in [0.15, 0.2) is 42.0 Å². The van der Waals surface area contributed by atoms with Crippen molar-refractivity contribution >= 4 is 17.4 Å². The van der Waals surface area contributed by atoms with Crippen LogP contribution < -0.4 is 9.47 Å². The Kier molecular flexibility index (Phi) is 8.63. The third kappa shape index (κ3) is 5.82. The fourth-order valence-electron chi connectivity index (χ4n) is 4.26. The topological polar surface area (TPSA) is 99.5 Å². The van der Waals surface area contributed by atoms with E-state index in [2.05, 4.69) is 13.8 Å². The second-order valence-electron chi connectivity index (χ2n) is 9.77. The van der Waals surface area contributed by atoms with Crippen LogP contribution in [0.5, 0.6) is 17.2 Å². The van der Waals surface area contributed by atoms with Gasteiger partial charge in [0.25, 0.3) is 11.7 Å². The number of phenols is 1. The van der Waals surface area contributed by atoms with Gasteiger partial charge in [-0.05, 0) is 81.4 Å². The number of aromatic hydroxyl groups is 1. The Morgan fingerprint density at radius 3 is 2.39 bits per heavy atom. The molecule has 8 heteroatoms. The lowest BCUT2D eigenvalue weighted by Gasteiger charge is -2.26. The highest BCUT2D eigenvalue weighted by atomic mass is 16.5. The Morgan fingerprint density at radius 2 is 1.81 bits per heavy atom. The number of hydrogen-bond acceptors (Lipinski definition) is 7. The Morgan fingerprint density at radius 1 is 1.11 bits per heavy atom. The minimum atomic E-state index is -0.846. The van der Waals surface area contributed by atoms with E-state index in [9.17, 15) is 19.8 Å². The van der Waals surface area contributed by atoms with Crippen molar-refractivity contribution < 1.29 is 29.3 Å². The molecule has 1 unspecified atom stereocenters. The summed E-state index contributed by atoms with van der Waals surface area (Å²) in [5.74, 6) is -0.475. The number of aliphatic hydroxyl groups excluding tert-OH is 1. The number of likely N-dealkylation sites (tertiary alicyclic amines) is 1. The number of aliphatic hydroxyl groups is 1. The summed E-state index contributed by atoms with van der Waals surface area (Å²) in [4.78, 5) is 29.8. The van der Waals surface area contributed by atoms with Crippen LogP contribution in [-0.2, 0) is 9.59 Å². The molecule has 2 N–H and O–H groups in total. The van der Waals surface area contributed by atoms with Gasteiger partial charge in [-0.1, -0.05) is 19.9 Å². The summed E-state index contributed by atoms with van der Waals surface area (Å²) in [5, 5.41) is 21.7. The zero-order valence-electron chi connectivity index (χ0n) is 21.9. The first-order valence-corrected chi connectivity index (χ1v) is 12.1. The lowest BCUT2D eigenvalue weighted by atomic mass is 9.94. The van der Waals surface area contributed by atoms with Gasteiger partial charge >= 0.3 is 0 Å². The first-order chi connectivity index (χ1) is 17.0. The molecule has 1 saturated heterocycles. The summed E-state index contributed by atoms with van der Waals surface area (Å²) in [7, 11) is 5.31. The van der Waals surface area contributed by atoms with E-state index in [1.165, 1.54) is 18.1 Å². The van der Waals surface area contributed by atoms with Crippen molar-refractivity contribution in [2.45, 2.75) is 33.2 Å². The maximum absolute atomic E-state index is 13.2. The monoisotopic (exact) mass is 496 g/mol. The molecule has 1 amide bonds. The van der Waals surface area contributed by atoms with Gasteiger partial charge in [0.2, 0.25) is 0 Å². The van der Waals surface area contributed by atoms with Crippen LogP contribution in [0.3, 0.4) is 0 Å². The number of phenolic OH excluding ortho intramolecular Hbond substituents is 1. The van der Waals surface area contributed by atoms with Crippen molar-refractivity contribution in [3.63, 3.8) is 0 Å². The normalized spacial score (nSPS) is 17.3. The van der Waals surface area contributed by atoms with Crippen molar-refractivity contribution in [2.24, 2.45) is 5.92 Å². The van der Waals surface area contributed by atoms with Gasteiger partial charge < -0.3 is 29.5 Å². The minimum absolute atomic E-state index is 0.00957. The van der Waals surface area contributed by atoms with Crippen LogP contribution in [0.2, 0.25) is 0 Å². The fourth-order valence-corrected chi connectivity index (χ4v) is 4.26. The van der Waals surface area contributed by atoms with Gasteiger partial charge in [0.15, 0.2) is 11.5 Å². The van der Waals surface area contributed by atoms with Gasteiger partial charge in [0, 0.05) is 12.1 Å². The number of benzene rings is 2. The standard InChI is InChI=1S/C28H36N2O6/c1-17(2)16-36-22-10-9-20(14-18(22)3)26(32)24-25(19-8-11-23(35-6)21(31)15-19)30(28(34)27(24)33)13-7-12-29(4)5/h8-11,14-15,17,25,31-32H,7,12-13,16H2,1-6H3/b26-24-. The van der Waals surface area contributed by atoms with Crippen LogP contribution >= 0.6 is 0 Å². The predicted octanol–water partition coefficient (Wildman–Crippen LogP) is 4.12. The van der Waals surface area contributed by atoms with Crippen molar-refractivity contribution in [3.8, 4) is 17.2 Å². The lowest BCUT2D eigenvalue weighted by Crippen LogP contribution is -2.32.